The standard InChI is InChI=1S/C20H23FN6O3S2/c1-29-18(31)23-11-15-12-27(20(28)30-15)14-2-3-17(16(21)10-14)24-6-8-25(9-7-24)19(32)26-5-4-22-13-26/h2-5,10,13,15H,6-9,11-12H2,1H3,(H,23,31)/t15-/m0/s1. The Labute approximate surface area is 195 Å². The van der Waals surface area contributed by atoms with Crippen molar-refractivity contribution in [3.63, 3.8) is 0 Å². The lowest BCUT2D eigenvalue weighted by Gasteiger charge is -2.37. The molecule has 1 aromatic heterocycles. The van der Waals surface area contributed by atoms with Crippen molar-refractivity contribution >= 4 is 52.2 Å². The quantitative estimate of drug-likeness (QED) is 0.663. The highest BCUT2D eigenvalue weighted by Gasteiger charge is 2.33. The molecule has 3 heterocycles. The smallest absolute Gasteiger partial charge is 0.414 e. The van der Waals surface area contributed by atoms with Crippen LogP contribution < -0.4 is 15.1 Å². The van der Waals surface area contributed by atoms with Crippen molar-refractivity contribution in [2.45, 2.75) is 6.10 Å². The number of carbonyl (C=O) groups is 1. The molecule has 1 aromatic carbocycles. The third-order valence-corrected chi connectivity index (χ3v) is 6.17. The average molecular weight is 479 g/mol. The van der Waals surface area contributed by atoms with E-state index in [-0.39, 0.29) is 11.0 Å². The molecule has 2 saturated heterocycles. The highest BCUT2D eigenvalue weighted by atomic mass is 32.1. The molecule has 32 heavy (non-hydrogen) atoms. The number of ether oxygens (including phenoxy) is 2. The Hall–Kier alpha value is -2.99. The van der Waals surface area contributed by atoms with Crippen LogP contribution in [-0.2, 0) is 9.47 Å². The Morgan fingerprint density at radius 3 is 2.75 bits per heavy atom. The molecule has 0 spiro atoms. The first-order chi connectivity index (χ1) is 15.5. The zero-order valence-corrected chi connectivity index (χ0v) is 19.1. The number of aromatic nitrogens is 2. The van der Waals surface area contributed by atoms with E-state index in [1.54, 1.807) is 29.2 Å². The number of hydrogen-bond acceptors (Lipinski definition) is 7. The van der Waals surface area contributed by atoms with Crippen molar-refractivity contribution in [3.8, 4) is 0 Å². The van der Waals surface area contributed by atoms with Crippen molar-refractivity contribution < 1.29 is 18.7 Å². The number of carbonyl (C=O) groups excluding carboxylic acids is 1. The fourth-order valence-corrected chi connectivity index (χ4v) is 4.08. The first kappa shape index (κ1) is 22.2. The van der Waals surface area contributed by atoms with E-state index < -0.39 is 12.2 Å². The summed E-state index contributed by atoms with van der Waals surface area (Å²) in [4.78, 5) is 21.7. The lowest BCUT2D eigenvalue weighted by molar-refractivity contribution is 0.142. The van der Waals surface area contributed by atoms with Crippen molar-refractivity contribution in [3.05, 3.63) is 42.7 Å². The summed E-state index contributed by atoms with van der Waals surface area (Å²) in [5.41, 5.74) is 0.950. The molecule has 170 valence electrons. The van der Waals surface area contributed by atoms with Gasteiger partial charge >= 0.3 is 6.09 Å². The lowest BCUT2D eigenvalue weighted by atomic mass is 10.2. The summed E-state index contributed by atoms with van der Waals surface area (Å²) in [6.45, 7) is 3.22. The van der Waals surface area contributed by atoms with Crippen molar-refractivity contribution in [1.82, 2.24) is 19.8 Å². The maximum absolute atomic E-state index is 15.0. The largest absolute Gasteiger partial charge is 0.474 e. The second-order valence-corrected chi connectivity index (χ2v) is 8.09. The number of anilines is 2. The van der Waals surface area contributed by atoms with E-state index in [4.69, 9.17) is 33.9 Å². The van der Waals surface area contributed by atoms with Gasteiger partial charge in [0, 0.05) is 38.6 Å². The molecule has 1 amide bonds. The van der Waals surface area contributed by atoms with E-state index in [1.165, 1.54) is 18.1 Å². The summed E-state index contributed by atoms with van der Waals surface area (Å²) in [6.07, 6.45) is 4.23. The van der Waals surface area contributed by atoms with Crippen molar-refractivity contribution in [2.24, 2.45) is 0 Å². The number of benzene rings is 1. The minimum Gasteiger partial charge on any atom is -0.474 e. The van der Waals surface area contributed by atoms with Crippen LogP contribution in [-0.4, -0.2) is 83.3 Å². The van der Waals surface area contributed by atoms with Gasteiger partial charge in [0.15, 0.2) is 5.11 Å². The second kappa shape index (κ2) is 9.65. The molecule has 2 aromatic rings. The topological polar surface area (TPSA) is 75.1 Å². The zero-order valence-electron chi connectivity index (χ0n) is 17.4. The van der Waals surface area contributed by atoms with Gasteiger partial charge in [-0.3, -0.25) is 9.47 Å². The fourth-order valence-electron chi connectivity index (χ4n) is 3.70. The molecule has 0 unspecified atom stereocenters. The number of hydrogen-bond donors (Lipinski definition) is 1. The van der Waals surface area contributed by atoms with E-state index in [1.807, 2.05) is 11.1 Å². The Kier molecular flexibility index (Phi) is 6.70. The van der Waals surface area contributed by atoms with E-state index in [0.717, 1.165) is 0 Å². The van der Waals surface area contributed by atoms with Gasteiger partial charge in [-0.25, -0.2) is 14.2 Å². The van der Waals surface area contributed by atoms with Crippen molar-refractivity contribution in [2.75, 3.05) is 56.2 Å². The first-order valence-corrected chi connectivity index (χ1v) is 10.9. The van der Waals surface area contributed by atoms with Crippen LogP contribution in [0.5, 0.6) is 0 Å². The number of cyclic esters (lactones) is 1. The molecular formula is C20H23FN6O3S2. The minimum absolute atomic E-state index is 0.223. The Balaban J connectivity index is 1.36. The van der Waals surface area contributed by atoms with Crippen molar-refractivity contribution in [1.29, 1.82) is 0 Å². The summed E-state index contributed by atoms with van der Waals surface area (Å²) < 4.78 is 27.0. The number of methoxy groups -OCH3 is 1. The third kappa shape index (κ3) is 4.75. The van der Waals surface area contributed by atoms with Crippen LogP contribution in [0.15, 0.2) is 36.9 Å². The number of piperazine rings is 1. The van der Waals surface area contributed by atoms with E-state index in [9.17, 15) is 9.18 Å². The number of halogens is 1. The van der Waals surface area contributed by atoms with Crippen LogP contribution in [0, 0.1) is 5.82 Å². The van der Waals surface area contributed by atoms with Gasteiger partial charge in [-0.2, -0.15) is 0 Å². The van der Waals surface area contributed by atoms with Gasteiger partial charge in [-0.1, -0.05) is 0 Å². The van der Waals surface area contributed by atoms with Gasteiger partial charge in [0.2, 0.25) is 0 Å². The number of imidazole rings is 1. The monoisotopic (exact) mass is 478 g/mol. The van der Waals surface area contributed by atoms with E-state index >= 15 is 0 Å². The maximum atomic E-state index is 15.0. The Morgan fingerprint density at radius 1 is 1.31 bits per heavy atom. The number of nitrogens with zero attached hydrogens (tertiary/aromatic N) is 5. The van der Waals surface area contributed by atoms with E-state index in [0.29, 0.717) is 55.8 Å². The normalized spacial score (nSPS) is 18.5. The van der Waals surface area contributed by atoms with Crippen LogP contribution >= 0.6 is 24.4 Å². The molecule has 1 atom stereocenters. The highest BCUT2D eigenvalue weighted by Crippen LogP contribution is 2.28. The summed E-state index contributed by atoms with van der Waals surface area (Å²) in [5.74, 6) is -0.386. The number of rotatable bonds is 4. The molecule has 2 aliphatic rings. The number of amides is 1. The molecule has 0 saturated carbocycles. The molecule has 0 bridgehead atoms. The Morgan fingerprint density at radius 2 is 2.09 bits per heavy atom. The molecule has 12 heteroatoms. The molecule has 0 radical (unpaired) electrons. The average Bonchev–Trinajstić information content (AvgIpc) is 3.47. The Bertz CT molecular complexity index is 997. The van der Waals surface area contributed by atoms with Gasteiger partial charge in [-0.15, -0.1) is 0 Å². The zero-order chi connectivity index (χ0) is 22.7. The number of thiocarbonyl (C=S) groups is 2. The predicted molar refractivity (Wildman–Crippen MR) is 126 cm³/mol. The first-order valence-electron chi connectivity index (χ1n) is 10.1. The third-order valence-electron chi connectivity index (χ3n) is 5.39. The summed E-state index contributed by atoms with van der Waals surface area (Å²) in [5, 5.41) is 3.76. The number of nitrogens with one attached hydrogen (secondary N) is 1. The lowest BCUT2D eigenvalue weighted by Crippen LogP contribution is -2.50. The van der Waals surface area contributed by atoms with Gasteiger partial charge in [0.25, 0.3) is 5.17 Å². The summed E-state index contributed by atoms with van der Waals surface area (Å²) in [7, 11) is 1.46. The van der Waals surface area contributed by atoms with Gasteiger partial charge in [0.05, 0.1) is 31.6 Å². The minimum atomic E-state index is -0.520. The van der Waals surface area contributed by atoms with Gasteiger partial charge in [0.1, 0.15) is 18.2 Å². The maximum Gasteiger partial charge on any atom is 0.414 e. The van der Waals surface area contributed by atoms with Crippen LogP contribution in [0.4, 0.5) is 20.6 Å². The summed E-state index contributed by atoms with van der Waals surface area (Å²) in [6, 6.07) is 4.81. The SMILES string of the molecule is COC(=S)NC[C@H]1CN(c2ccc(N3CCN(C(=S)n4ccnc4)CC3)c(F)c2)C(=O)O1. The fraction of sp³-hybridized carbons (Fsp3) is 0.400. The molecule has 4 rings (SSSR count). The molecule has 9 nitrogen and oxygen atoms in total. The van der Waals surface area contributed by atoms with E-state index in [2.05, 4.69) is 15.2 Å². The van der Waals surface area contributed by atoms with Crippen LogP contribution in [0.1, 0.15) is 0 Å². The predicted octanol–water partition coefficient (Wildman–Crippen LogP) is 1.82. The highest BCUT2D eigenvalue weighted by molar-refractivity contribution is 7.80. The van der Waals surface area contributed by atoms with Crippen LogP contribution in [0.3, 0.4) is 0 Å². The molecular weight excluding hydrogens is 455 g/mol. The van der Waals surface area contributed by atoms with Gasteiger partial charge < -0.3 is 24.6 Å². The molecule has 2 fully saturated rings. The summed E-state index contributed by atoms with van der Waals surface area (Å²) >= 11 is 10.4. The molecule has 0 aliphatic carbocycles. The van der Waals surface area contributed by atoms with Gasteiger partial charge in [-0.05, 0) is 42.6 Å². The second-order valence-electron chi connectivity index (χ2n) is 7.35. The van der Waals surface area contributed by atoms with Crippen LogP contribution in [0.2, 0.25) is 0 Å². The van der Waals surface area contributed by atoms with Crippen LogP contribution in [0.25, 0.3) is 0 Å². The molecule has 2 aliphatic heterocycles. The molecule has 1 N–H and O–H groups in total.